The molecule has 1 aromatic heterocycles. The lowest BCUT2D eigenvalue weighted by Crippen LogP contribution is -2.50. The number of hydrogen-bond acceptors (Lipinski definition) is 5. The van der Waals surface area contributed by atoms with Gasteiger partial charge < -0.3 is 15.5 Å². The van der Waals surface area contributed by atoms with Crippen molar-refractivity contribution < 1.29 is 9.59 Å². The molecule has 2 heterocycles. The van der Waals surface area contributed by atoms with E-state index in [1.165, 1.54) is 0 Å². The van der Waals surface area contributed by atoms with Crippen molar-refractivity contribution in [3.8, 4) is 0 Å². The van der Waals surface area contributed by atoms with Gasteiger partial charge in [0.15, 0.2) is 0 Å². The summed E-state index contributed by atoms with van der Waals surface area (Å²) in [5.41, 5.74) is 2.93. The van der Waals surface area contributed by atoms with Gasteiger partial charge in [-0.05, 0) is 43.2 Å². The van der Waals surface area contributed by atoms with E-state index in [9.17, 15) is 9.59 Å². The van der Waals surface area contributed by atoms with Gasteiger partial charge in [0.05, 0.1) is 13.1 Å². The highest BCUT2D eigenvalue weighted by atomic mass is 16.2. The molecule has 0 unspecified atom stereocenters. The molecule has 148 valence electrons. The van der Waals surface area contributed by atoms with Crippen molar-refractivity contribution in [1.82, 2.24) is 15.2 Å². The maximum Gasteiger partial charge on any atom is 0.243 e. The van der Waals surface area contributed by atoms with Gasteiger partial charge in [-0.1, -0.05) is 18.2 Å². The molecular formula is C21H27N5O2. The highest BCUT2D eigenvalue weighted by Crippen LogP contribution is 2.17. The predicted octanol–water partition coefficient (Wildman–Crippen LogP) is 1.58. The lowest BCUT2D eigenvalue weighted by Gasteiger charge is -2.34. The number of pyridine rings is 1. The zero-order valence-electron chi connectivity index (χ0n) is 16.4. The summed E-state index contributed by atoms with van der Waals surface area (Å²) in [4.78, 5) is 33.0. The Hall–Kier alpha value is -2.93. The molecule has 1 aliphatic rings. The van der Waals surface area contributed by atoms with Crippen LogP contribution in [0.5, 0.6) is 0 Å². The van der Waals surface area contributed by atoms with E-state index in [1.54, 1.807) is 6.20 Å². The van der Waals surface area contributed by atoms with Gasteiger partial charge in [-0.3, -0.25) is 14.5 Å². The van der Waals surface area contributed by atoms with Crippen molar-refractivity contribution in [2.75, 3.05) is 49.5 Å². The summed E-state index contributed by atoms with van der Waals surface area (Å²) in [6, 6.07) is 11.6. The van der Waals surface area contributed by atoms with Crippen LogP contribution in [-0.4, -0.2) is 61.0 Å². The lowest BCUT2D eigenvalue weighted by molar-refractivity contribution is -0.125. The topological polar surface area (TPSA) is 77.6 Å². The monoisotopic (exact) mass is 381 g/mol. The van der Waals surface area contributed by atoms with Crippen LogP contribution in [0.15, 0.2) is 42.6 Å². The Morgan fingerprint density at radius 1 is 1.00 bits per heavy atom. The molecule has 3 rings (SSSR count). The van der Waals surface area contributed by atoms with Crippen LogP contribution < -0.4 is 15.5 Å². The second kappa shape index (κ2) is 9.32. The molecule has 28 heavy (non-hydrogen) atoms. The normalized spacial score (nSPS) is 14.6. The third-order valence-electron chi connectivity index (χ3n) is 5.04. The number of carbonyl (C=O) groups excluding carboxylic acids is 2. The van der Waals surface area contributed by atoms with E-state index in [0.717, 1.165) is 48.8 Å². The quantitative estimate of drug-likeness (QED) is 0.794. The van der Waals surface area contributed by atoms with Crippen LogP contribution in [0.2, 0.25) is 0 Å². The molecule has 0 saturated carbocycles. The predicted molar refractivity (Wildman–Crippen MR) is 110 cm³/mol. The van der Waals surface area contributed by atoms with E-state index < -0.39 is 0 Å². The van der Waals surface area contributed by atoms with Gasteiger partial charge in [0.25, 0.3) is 0 Å². The van der Waals surface area contributed by atoms with Crippen LogP contribution in [-0.2, 0) is 9.59 Å². The van der Waals surface area contributed by atoms with Gasteiger partial charge in [0, 0.05) is 38.1 Å². The van der Waals surface area contributed by atoms with Crippen LogP contribution in [0, 0.1) is 13.8 Å². The summed E-state index contributed by atoms with van der Waals surface area (Å²) in [5.74, 6) is 0.610. The number of benzene rings is 1. The summed E-state index contributed by atoms with van der Waals surface area (Å²) in [6.07, 6.45) is 1.79. The number of aromatic nitrogens is 1. The molecule has 7 heteroatoms. The minimum atomic E-state index is -0.220. The average Bonchev–Trinajstić information content (AvgIpc) is 2.71. The third kappa shape index (κ3) is 5.29. The first-order valence-electron chi connectivity index (χ1n) is 9.54. The summed E-state index contributed by atoms with van der Waals surface area (Å²) < 4.78 is 0. The number of amides is 2. The summed E-state index contributed by atoms with van der Waals surface area (Å²) in [5, 5.41) is 5.56. The van der Waals surface area contributed by atoms with E-state index in [0.29, 0.717) is 6.54 Å². The first-order chi connectivity index (χ1) is 13.5. The van der Waals surface area contributed by atoms with Gasteiger partial charge in [-0.15, -0.1) is 0 Å². The first kappa shape index (κ1) is 19.8. The number of nitrogens with zero attached hydrogens (tertiary/aromatic N) is 3. The van der Waals surface area contributed by atoms with E-state index in [-0.39, 0.29) is 18.4 Å². The molecule has 1 saturated heterocycles. The SMILES string of the molecule is Cc1cccc(NC(=O)CNC(=O)CN2CCN(c3ccccn3)CC2)c1C. The number of anilines is 2. The zero-order valence-corrected chi connectivity index (χ0v) is 16.4. The van der Waals surface area contributed by atoms with E-state index in [4.69, 9.17) is 0 Å². The van der Waals surface area contributed by atoms with Crippen LogP contribution in [0.25, 0.3) is 0 Å². The molecule has 0 bridgehead atoms. The molecule has 1 fully saturated rings. The van der Waals surface area contributed by atoms with Gasteiger partial charge in [0.1, 0.15) is 5.82 Å². The molecule has 0 radical (unpaired) electrons. The minimum Gasteiger partial charge on any atom is -0.354 e. The highest BCUT2D eigenvalue weighted by Gasteiger charge is 2.20. The smallest absolute Gasteiger partial charge is 0.243 e. The zero-order chi connectivity index (χ0) is 19.9. The Bertz CT molecular complexity index is 817. The summed E-state index contributed by atoms with van der Waals surface area (Å²) >= 11 is 0. The molecule has 1 aliphatic heterocycles. The number of aryl methyl sites for hydroxylation is 1. The summed E-state index contributed by atoms with van der Waals surface area (Å²) in [7, 11) is 0. The van der Waals surface area contributed by atoms with E-state index >= 15 is 0 Å². The number of piperazine rings is 1. The molecule has 2 amide bonds. The number of rotatable bonds is 6. The Labute approximate surface area is 165 Å². The molecule has 2 aromatic rings. The van der Waals surface area contributed by atoms with E-state index in [2.05, 4.69) is 25.4 Å². The Kier molecular flexibility index (Phi) is 6.60. The van der Waals surface area contributed by atoms with Crippen LogP contribution in [0.3, 0.4) is 0 Å². The Morgan fingerprint density at radius 3 is 2.50 bits per heavy atom. The fourth-order valence-corrected chi connectivity index (χ4v) is 3.19. The van der Waals surface area contributed by atoms with Crippen molar-refractivity contribution in [3.05, 3.63) is 53.7 Å². The molecule has 0 spiro atoms. The van der Waals surface area contributed by atoms with Gasteiger partial charge in [-0.25, -0.2) is 4.98 Å². The van der Waals surface area contributed by atoms with Crippen molar-refractivity contribution in [3.63, 3.8) is 0 Å². The van der Waals surface area contributed by atoms with Crippen molar-refractivity contribution in [2.45, 2.75) is 13.8 Å². The van der Waals surface area contributed by atoms with Crippen LogP contribution in [0.4, 0.5) is 11.5 Å². The number of carbonyl (C=O) groups is 2. The Morgan fingerprint density at radius 2 is 1.79 bits per heavy atom. The highest BCUT2D eigenvalue weighted by molar-refractivity contribution is 5.95. The number of hydrogen-bond donors (Lipinski definition) is 2. The fraction of sp³-hybridized carbons (Fsp3) is 0.381. The first-order valence-corrected chi connectivity index (χ1v) is 9.54. The van der Waals surface area contributed by atoms with Gasteiger partial charge in [-0.2, -0.15) is 0 Å². The van der Waals surface area contributed by atoms with Crippen molar-refractivity contribution >= 4 is 23.3 Å². The molecule has 0 atom stereocenters. The maximum atomic E-state index is 12.2. The second-order valence-electron chi connectivity index (χ2n) is 7.02. The van der Waals surface area contributed by atoms with Crippen molar-refractivity contribution in [1.29, 1.82) is 0 Å². The van der Waals surface area contributed by atoms with Gasteiger partial charge in [0.2, 0.25) is 11.8 Å². The third-order valence-corrected chi connectivity index (χ3v) is 5.04. The second-order valence-corrected chi connectivity index (χ2v) is 7.02. The largest absolute Gasteiger partial charge is 0.354 e. The van der Waals surface area contributed by atoms with Crippen LogP contribution >= 0.6 is 0 Å². The van der Waals surface area contributed by atoms with E-state index in [1.807, 2.05) is 50.2 Å². The van der Waals surface area contributed by atoms with Crippen LogP contribution in [0.1, 0.15) is 11.1 Å². The maximum absolute atomic E-state index is 12.2. The molecule has 1 aromatic carbocycles. The molecular weight excluding hydrogens is 354 g/mol. The summed E-state index contributed by atoms with van der Waals surface area (Å²) in [6.45, 7) is 7.48. The Balaban J connectivity index is 1.39. The molecule has 2 N–H and O–H groups in total. The fourth-order valence-electron chi connectivity index (χ4n) is 3.19. The standard InChI is InChI=1S/C21H27N5O2/c1-16-6-5-7-18(17(16)2)24-20(27)14-23-21(28)15-25-10-12-26(13-11-25)19-8-3-4-9-22-19/h3-9H,10-15H2,1-2H3,(H,23,28)(H,24,27). The molecule has 7 nitrogen and oxygen atoms in total. The average molecular weight is 381 g/mol. The number of nitrogens with one attached hydrogen (secondary N) is 2. The minimum absolute atomic E-state index is 0.0277. The lowest BCUT2D eigenvalue weighted by atomic mass is 10.1. The van der Waals surface area contributed by atoms with Gasteiger partial charge >= 0.3 is 0 Å². The molecule has 0 aliphatic carbocycles. The van der Waals surface area contributed by atoms with Crippen molar-refractivity contribution in [2.24, 2.45) is 0 Å².